The molecular weight excluding hydrogens is 597 g/mol. The molecular formula is C30H35F3N6O6. The van der Waals surface area contributed by atoms with Crippen LogP contribution in [0, 0.1) is 17.2 Å². The lowest BCUT2D eigenvalue weighted by Crippen LogP contribution is -2.65. The Kier molecular flexibility index (Phi) is 10.2. The summed E-state index contributed by atoms with van der Waals surface area (Å²) in [5.41, 5.74) is 6.79. The van der Waals surface area contributed by atoms with Crippen LogP contribution in [0.25, 0.3) is 0 Å². The molecule has 0 aliphatic carbocycles. The molecule has 0 aromatic heterocycles. The number of rotatable bonds is 6. The number of urea groups is 1. The van der Waals surface area contributed by atoms with Crippen molar-refractivity contribution in [3.05, 3.63) is 64.7 Å². The number of nitrogens with one attached hydrogen (secondary N) is 2. The zero-order chi connectivity index (χ0) is 32.9. The highest BCUT2D eigenvalue weighted by Crippen LogP contribution is 2.45. The Morgan fingerprint density at radius 2 is 1.91 bits per heavy atom. The van der Waals surface area contributed by atoms with Gasteiger partial charge in [0.1, 0.15) is 25.6 Å². The molecule has 0 radical (unpaired) electrons. The second-order valence-electron chi connectivity index (χ2n) is 11.0. The van der Waals surface area contributed by atoms with Crippen LogP contribution in [0.1, 0.15) is 42.1 Å². The molecule has 45 heavy (non-hydrogen) atoms. The lowest BCUT2D eigenvalue weighted by molar-refractivity contribution is -0.946. The van der Waals surface area contributed by atoms with Gasteiger partial charge in [-0.05, 0) is 49.7 Å². The molecule has 3 fully saturated rings. The number of hydrazine groups is 1. The van der Waals surface area contributed by atoms with E-state index in [4.69, 9.17) is 19.4 Å². The summed E-state index contributed by atoms with van der Waals surface area (Å²) in [7, 11) is 1.25. The number of carbonyl (C=O) groups excluding carboxylic acids is 3. The summed E-state index contributed by atoms with van der Waals surface area (Å²) in [4.78, 5) is 38.2. The van der Waals surface area contributed by atoms with Crippen LogP contribution in [0.5, 0.6) is 0 Å². The highest BCUT2D eigenvalue weighted by atomic mass is 19.4. The summed E-state index contributed by atoms with van der Waals surface area (Å²) < 4.78 is 52.5. The van der Waals surface area contributed by atoms with E-state index in [-0.39, 0.29) is 5.69 Å². The number of nitriles is 1. The van der Waals surface area contributed by atoms with Crippen LogP contribution in [0.15, 0.2) is 42.5 Å². The van der Waals surface area contributed by atoms with Crippen molar-refractivity contribution >= 4 is 24.2 Å². The van der Waals surface area contributed by atoms with Crippen molar-refractivity contribution in [2.75, 3.05) is 44.9 Å². The first-order valence-corrected chi connectivity index (χ1v) is 14.3. The minimum Gasteiger partial charge on any atom is -0.554 e. The highest BCUT2D eigenvalue weighted by molar-refractivity contribution is 5.82. The molecule has 12 nitrogen and oxygen atoms in total. The van der Waals surface area contributed by atoms with Crippen molar-refractivity contribution in [1.82, 2.24) is 15.8 Å². The topological polar surface area (TPSA) is 147 Å². The summed E-state index contributed by atoms with van der Waals surface area (Å²) in [5, 5.41) is 18.0. The Morgan fingerprint density at radius 3 is 2.51 bits per heavy atom. The molecule has 5 rings (SSSR count). The molecule has 2 aromatic carbocycles. The van der Waals surface area contributed by atoms with Crippen LogP contribution in [0.3, 0.4) is 0 Å². The van der Waals surface area contributed by atoms with E-state index in [1.165, 1.54) is 24.1 Å². The number of anilines is 1. The summed E-state index contributed by atoms with van der Waals surface area (Å²) in [5.74, 6) is -1.58. The number of likely N-dealkylation sites (N-methyl/N-ethyl adjacent to an activating group) is 1. The summed E-state index contributed by atoms with van der Waals surface area (Å²) >= 11 is 0. The number of carbonyl (C=O) groups is 3. The molecule has 242 valence electrons. The molecule has 3 unspecified atom stereocenters. The first-order chi connectivity index (χ1) is 21.4. The van der Waals surface area contributed by atoms with Gasteiger partial charge >= 0.3 is 18.2 Å². The zero-order valence-corrected chi connectivity index (χ0v) is 25.0. The Morgan fingerprint density at radius 1 is 1.22 bits per heavy atom. The predicted molar refractivity (Wildman–Crippen MR) is 151 cm³/mol. The Labute approximate surface area is 258 Å². The van der Waals surface area contributed by atoms with Gasteiger partial charge in [-0.1, -0.05) is 12.1 Å². The number of fused-ring (bicyclic) bond motifs is 1. The summed E-state index contributed by atoms with van der Waals surface area (Å²) in [6.45, 7) is 7.44. The van der Waals surface area contributed by atoms with Gasteiger partial charge in [-0.3, -0.25) is 15.1 Å². The van der Waals surface area contributed by atoms with E-state index in [1.54, 1.807) is 30.0 Å². The standard InChI is InChI=1S/C29H33F3N6O4.CH2O2/c1-4-38(10-12-42-13-11-38)17-20-14-19(16-33)8-9-23(20)25-24(26(39)41-3)18(2)36(27-34-35-28(40)37(25)27)22-7-5-6-21(15-22)29(30,31)32;2-1-3/h5-9,14-15,18,24-25,27,34H,4,10-13,17H2,1-3H3;1H,(H,2,3)/t18?,24?,25-,27?;/m0./s1. The monoisotopic (exact) mass is 632 g/mol. The van der Waals surface area contributed by atoms with Crippen molar-refractivity contribution in [3.63, 3.8) is 0 Å². The van der Waals surface area contributed by atoms with Gasteiger partial charge in [0.25, 0.3) is 0 Å². The van der Waals surface area contributed by atoms with E-state index >= 15 is 0 Å². The Balaban J connectivity index is 0.00000148. The second-order valence-corrected chi connectivity index (χ2v) is 11.0. The third-order valence-corrected chi connectivity index (χ3v) is 8.80. The smallest absolute Gasteiger partial charge is 0.416 e. The van der Waals surface area contributed by atoms with Gasteiger partial charge in [0, 0.05) is 23.8 Å². The maximum Gasteiger partial charge on any atom is 0.416 e. The van der Waals surface area contributed by atoms with Gasteiger partial charge in [-0.2, -0.15) is 23.9 Å². The van der Waals surface area contributed by atoms with Crippen molar-refractivity contribution in [2.24, 2.45) is 5.92 Å². The largest absolute Gasteiger partial charge is 0.554 e. The molecule has 2 amide bonds. The third-order valence-electron chi connectivity index (χ3n) is 8.80. The molecule has 15 heteroatoms. The van der Waals surface area contributed by atoms with E-state index in [0.29, 0.717) is 35.4 Å². The zero-order valence-electron chi connectivity index (χ0n) is 25.0. The van der Waals surface area contributed by atoms with E-state index < -0.39 is 54.5 Å². The van der Waals surface area contributed by atoms with Gasteiger partial charge in [0.05, 0.1) is 50.1 Å². The maximum atomic E-state index is 13.6. The van der Waals surface area contributed by atoms with E-state index in [0.717, 1.165) is 37.3 Å². The van der Waals surface area contributed by atoms with Crippen molar-refractivity contribution < 1.29 is 46.6 Å². The van der Waals surface area contributed by atoms with E-state index in [1.807, 2.05) is 0 Å². The molecule has 2 N–H and O–H groups in total. The van der Waals surface area contributed by atoms with Gasteiger partial charge in [0.15, 0.2) is 6.29 Å². The van der Waals surface area contributed by atoms with Gasteiger partial charge in [-0.25, -0.2) is 4.79 Å². The molecule has 3 aliphatic heterocycles. The van der Waals surface area contributed by atoms with Gasteiger partial charge < -0.3 is 28.8 Å². The van der Waals surface area contributed by atoms with Crippen LogP contribution >= 0.6 is 0 Å². The molecule has 0 spiro atoms. The number of amides is 2. The number of ether oxygens (including phenoxy) is 2. The van der Waals surface area contributed by atoms with Crippen LogP contribution in [-0.2, 0) is 31.8 Å². The maximum absolute atomic E-state index is 13.6. The number of quaternary nitrogens is 1. The first kappa shape index (κ1) is 33.5. The average molecular weight is 633 g/mol. The number of hydrogen-bond acceptors (Lipinski definition) is 9. The molecule has 4 atom stereocenters. The molecule has 3 heterocycles. The molecule has 3 aliphatic rings. The Bertz CT molecular complexity index is 1440. The SMILES string of the molecule is CC[N+]1(Cc2cc(C#N)ccc2[C@H]2C(C(=O)OC)C(C)N(c3cccc(C(F)(F)F)c3)C3NNC(=O)N32)CCOCC1.O=C[O-]. The fourth-order valence-corrected chi connectivity index (χ4v) is 6.49. The van der Waals surface area contributed by atoms with Gasteiger partial charge in [0.2, 0.25) is 0 Å². The number of methoxy groups -OCH3 is 1. The minimum absolute atomic E-state index is 0.188. The van der Waals surface area contributed by atoms with Crippen LogP contribution < -0.4 is 20.9 Å². The fraction of sp³-hybridized carbons (Fsp3) is 0.467. The predicted octanol–water partition coefficient (Wildman–Crippen LogP) is 1.86. The highest BCUT2D eigenvalue weighted by Gasteiger charge is 2.55. The summed E-state index contributed by atoms with van der Waals surface area (Å²) in [6, 6.07) is 10.1. The number of alkyl halides is 3. The number of esters is 1. The first-order valence-electron chi connectivity index (χ1n) is 14.3. The van der Waals surface area contributed by atoms with Crippen molar-refractivity contribution in [1.29, 1.82) is 5.26 Å². The van der Waals surface area contributed by atoms with E-state index in [2.05, 4.69) is 23.8 Å². The van der Waals surface area contributed by atoms with Crippen molar-refractivity contribution in [2.45, 2.75) is 44.9 Å². The number of nitrogens with zero attached hydrogens (tertiary/aromatic N) is 4. The number of benzene rings is 2. The van der Waals surface area contributed by atoms with Crippen molar-refractivity contribution in [3.8, 4) is 6.07 Å². The number of halogens is 3. The minimum atomic E-state index is -4.58. The van der Waals surface area contributed by atoms with Gasteiger partial charge in [-0.15, -0.1) is 0 Å². The lowest BCUT2D eigenvalue weighted by Gasteiger charge is -2.52. The summed E-state index contributed by atoms with van der Waals surface area (Å²) in [6.07, 6.45) is -5.49. The Hall–Kier alpha value is -4.39. The van der Waals surface area contributed by atoms with Crippen LogP contribution in [-0.4, -0.2) is 80.1 Å². The number of morpholine rings is 1. The molecule has 0 saturated carbocycles. The van der Waals surface area contributed by atoms with Crippen LogP contribution in [0.2, 0.25) is 0 Å². The normalized spacial score (nSPS) is 24.0. The molecule has 0 bridgehead atoms. The molecule has 3 saturated heterocycles. The number of carboxylic acid groups (broad SMARTS) is 1. The lowest BCUT2D eigenvalue weighted by atomic mass is 9.81. The number of hydrogen-bond donors (Lipinski definition) is 2. The van der Waals surface area contributed by atoms with E-state index in [9.17, 15) is 28.0 Å². The quantitative estimate of drug-likeness (QED) is 0.277. The third kappa shape index (κ3) is 6.68. The molecule has 2 aromatic rings. The fourth-order valence-electron chi connectivity index (χ4n) is 6.49. The van der Waals surface area contributed by atoms with Crippen LogP contribution in [0.4, 0.5) is 23.7 Å². The second kappa shape index (κ2) is 13.7. The average Bonchev–Trinajstić information content (AvgIpc) is 3.41.